The summed E-state index contributed by atoms with van der Waals surface area (Å²) in [7, 11) is 0. The Morgan fingerprint density at radius 1 is 1.13 bits per heavy atom. The minimum Gasteiger partial charge on any atom is -0.324 e. The highest BCUT2D eigenvalue weighted by Gasteiger charge is 2.10. The van der Waals surface area contributed by atoms with Gasteiger partial charge in [-0.1, -0.05) is 43.7 Å². The van der Waals surface area contributed by atoms with Crippen LogP contribution >= 0.6 is 0 Å². The first kappa shape index (κ1) is 17.7. The standard InChI is InChI=1S/C20H30N2O/c1-3-17-11-8-12-18(4-2)20(17)22-19(23)15-21-14-13-16-9-6-5-7-10-16/h8-9,11-12,21H,3-7,10,13-15H2,1-2H3,(H,22,23). The van der Waals surface area contributed by atoms with Gasteiger partial charge in [-0.05, 0) is 62.6 Å². The molecular weight excluding hydrogens is 284 g/mol. The van der Waals surface area contributed by atoms with Crippen LogP contribution in [0.2, 0.25) is 0 Å². The predicted octanol–water partition coefficient (Wildman–Crippen LogP) is 4.23. The first-order chi connectivity index (χ1) is 11.2. The molecule has 0 radical (unpaired) electrons. The van der Waals surface area contributed by atoms with Crippen molar-refractivity contribution in [2.45, 2.75) is 58.8 Å². The van der Waals surface area contributed by atoms with Crippen molar-refractivity contribution in [3.63, 3.8) is 0 Å². The summed E-state index contributed by atoms with van der Waals surface area (Å²) in [4.78, 5) is 12.2. The highest BCUT2D eigenvalue weighted by atomic mass is 16.1. The Kier molecular flexibility index (Phi) is 7.34. The van der Waals surface area contributed by atoms with Gasteiger partial charge in [0, 0.05) is 5.69 Å². The number of anilines is 1. The number of hydrogen-bond donors (Lipinski definition) is 2. The lowest BCUT2D eigenvalue weighted by atomic mass is 9.97. The number of nitrogens with one attached hydrogen (secondary N) is 2. The van der Waals surface area contributed by atoms with E-state index in [0.29, 0.717) is 6.54 Å². The Morgan fingerprint density at radius 2 is 1.87 bits per heavy atom. The number of carbonyl (C=O) groups excluding carboxylic acids is 1. The van der Waals surface area contributed by atoms with Crippen molar-refractivity contribution < 1.29 is 4.79 Å². The fourth-order valence-electron chi connectivity index (χ4n) is 3.17. The highest BCUT2D eigenvalue weighted by molar-refractivity contribution is 5.93. The third-order valence-corrected chi connectivity index (χ3v) is 4.56. The molecule has 2 rings (SSSR count). The van der Waals surface area contributed by atoms with Crippen LogP contribution in [0.1, 0.15) is 57.1 Å². The SMILES string of the molecule is CCc1cccc(CC)c1NC(=O)CNCCC1=CCCCC1. The van der Waals surface area contributed by atoms with Gasteiger partial charge in [0.05, 0.1) is 6.54 Å². The fraction of sp³-hybridized carbons (Fsp3) is 0.550. The van der Waals surface area contributed by atoms with Gasteiger partial charge >= 0.3 is 0 Å². The van der Waals surface area contributed by atoms with Gasteiger partial charge in [-0.3, -0.25) is 4.79 Å². The summed E-state index contributed by atoms with van der Waals surface area (Å²) in [6, 6.07) is 6.26. The zero-order valence-corrected chi connectivity index (χ0v) is 14.6. The third kappa shape index (κ3) is 5.51. The molecule has 1 aliphatic carbocycles. The molecule has 1 aliphatic rings. The molecule has 0 heterocycles. The summed E-state index contributed by atoms with van der Waals surface area (Å²) in [6.45, 7) is 5.52. The zero-order valence-electron chi connectivity index (χ0n) is 14.6. The average Bonchev–Trinajstić information content (AvgIpc) is 2.60. The second-order valence-electron chi connectivity index (χ2n) is 6.24. The molecule has 0 saturated carbocycles. The summed E-state index contributed by atoms with van der Waals surface area (Å²) >= 11 is 0. The van der Waals surface area contributed by atoms with E-state index in [2.05, 4.69) is 48.8 Å². The number of para-hydroxylation sites is 1. The summed E-state index contributed by atoms with van der Waals surface area (Å²) in [6.07, 6.45) is 10.4. The van der Waals surface area contributed by atoms with Gasteiger partial charge in [0.1, 0.15) is 0 Å². The Labute approximate surface area is 140 Å². The van der Waals surface area contributed by atoms with Gasteiger partial charge < -0.3 is 10.6 Å². The summed E-state index contributed by atoms with van der Waals surface area (Å²) < 4.78 is 0. The number of carbonyl (C=O) groups is 1. The number of aryl methyl sites for hydroxylation is 2. The van der Waals surface area contributed by atoms with E-state index in [-0.39, 0.29) is 5.91 Å². The van der Waals surface area contributed by atoms with E-state index in [1.807, 2.05) is 0 Å². The minimum atomic E-state index is 0.0539. The minimum absolute atomic E-state index is 0.0539. The molecule has 2 N–H and O–H groups in total. The van der Waals surface area contributed by atoms with Crippen LogP contribution in [-0.2, 0) is 17.6 Å². The number of benzene rings is 1. The predicted molar refractivity (Wildman–Crippen MR) is 97.9 cm³/mol. The molecule has 1 amide bonds. The van der Waals surface area contributed by atoms with Crippen LogP contribution in [0.3, 0.4) is 0 Å². The fourth-order valence-corrected chi connectivity index (χ4v) is 3.17. The molecule has 0 atom stereocenters. The lowest BCUT2D eigenvalue weighted by Crippen LogP contribution is -2.29. The van der Waals surface area contributed by atoms with Crippen molar-refractivity contribution in [1.29, 1.82) is 0 Å². The van der Waals surface area contributed by atoms with Crippen molar-refractivity contribution >= 4 is 11.6 Å². The number of allylic oxidation sites excluding steroid dienone is 1. The number of hydrogen-bond acceptors (Lipinski definition) is 2. The molecule has 1 aromatic rings. The quantitative estimate of drug-likeness (QED) is 0.557. The third-order valence-electron chi connectivity index (χ3n) is 4.56. The maximum atomic E-state index is 12.2. The van der Waals surface area contributed by atoms with E-state index in [9.17, 15) is 4.79 Å². The molecule has 3 nitrogen and oxygen atoms in total. The van der Waals surface area contributed by atoms with E-state index < -0.39 is 0 Å². The molecular formula is C20H30N2O. The van der Waals surface area contributed by atoms with Crippen LogP contribution in [0.15, 0.2) is 29.8 Å². The maximum Gasteiger partial charge on any atom is 0.238 e. The first-order valence-corrected chi connectivity index (χ1v) is 9.03. The topological polar surface area (TPSA) is 41.1 Å². The second kappa shape index (κ2) is 9.51. The van der Waals surface area contributed by atoms with E-state index in [1.54, 1.807) is 5.57 Å². The Balaban J connectivity index is 1.79. The molecule has 23 heavy (non-hydrogen) atoms. The Bertz CT molecular complexity index is 526. The number of rotatable bonds is 8. The van der Waals surface area contributed by atoms with Crippen LogP contribution in [0.25, 0.3) is 0 Å². The van der Waals surface area contributed by atoms with Gasteiger partial charge in [-0.15, -0.1) is 0 Å². The highest BCUT2D eigenvalue weighted by Crippen LogP contribution is 2.22. The van der Waals surface area contributed by atoms with Crippen LogP contribution < -0.4 is 10.6 Å². The van der Waals surface area contributed by atoms with Crippen molar-refractivity contribution in [3.8, 4) is 0 Å². The van der Waals surface area contributed by atoms with Gasteiger partial charge in [0.2, 0.25) is 5.91 Å². The summed E-state index contributed by atoms with van der Waals surface area (Å²) in [5.74, 6) is 0.0539. The van der Waals surface area contributed by atoms with E-state index in [0.717, 1.165) is 31.5 Å². The van der Waals surface area contributed by atoms with E-state index >= 15 is 0 Å². The van der Waals surface area contributed by atoms with Crippen LogP contribution in [0.4, 0.5) is 5.69 Å². The van der Waals surface area contributed by atoms with Crippen LogP contribution in [0, 0.1) is 0 Å². The Hall–Kier alpha value is -1.61. The summed E-state index contributed by atoms with van der Waals surface area (Å²) in [5.41, 5.74) is 4.99. The van der Waals surface area contributed by atoms with Gasteiger partial charge in [0.15, 0.2) is 0 Å². The second-order valence-corrected chi connectivity index (χ2v) is 6.24. The number of amides is 1. The molecule has 0 aromatic heterocycles. The largest absolute Gasteiger partial charge is 0.324 e. The summed E-state index contributed by atoms with van der Waals surface area (Å²) in [5, 5.41) is 6.38. The molecule has 126 valence electrons. The van der Waals surface area contributed by atoms with Crippen molar-refractivity contribution in [2.24, 2.45) is 0 Å². The molecule has 0 bridgehead atoms. The van der Waals surface area contributed by atoms with Crippen LogP contribution in [-0.4, -0.2) is 19.0 Å². The Morgan fingerprint density at radius 3 is 2.48 bits per heavy atom. The monoisotopic (exact) mass is 314 g/mol. The molecule has 0 saturated heterocycles. The molecule has 0 spiro atoms. The van der Waals surface area contributed by atoms with Gasteiger partial charge in [-0.2, -0.15) is 0 Å². The maximum absolute atomic E-state index is 12.2. The molecule has 1 aromatic carbocycles. The van der Waals surface area contributed by atoms with Crippen molar-refractivity contribution in [2.75, 3.05) is 18.4 Å². The van der Waals surface area contributed by atoms with Gasteiger partial charge in [-0.25, -0.2) is 0 Å². The molecule has 3 heteroatoms. The van der Waals surface area contributed by atoms with E-state index in [1.165, 1.54) is 36.8 Å². The zero-order chi connectivity index (χ0) is 16.5. The van der Waals surface area contributed by atoms with Crippen molar-refractivity contribution in [1.82, 2.24) is 5.32 Å². The van der Waals surface area contributed by atoms with E-state index in [4.69, 9.17) is 0 Å². The average molecular weight is 314 g/mol. The lowest BCUT2D eigenvalue weighted by molar-refractivity contribution is -0.115. The van der Waals surface area contributed by atoms with Crippen molar-refractivity contribution in [3.05, 3.63) is 41.0 Å². The van der Waals surface area contributed by atoms with Gasteiger partial charge in [0.25, 0.3) is 0 Å². The normalized spacial score (nSPS) is 14.4. The smallest absolute Gasteiger partial charge is 0.238 e. The lowest BCUT2D eigenvalue weighted by Gasteiger charge is -2.15. The molecule has 0 unspecified atom stereocenters. The molecule has 0 aliphatic heterocycles. The van der Waals surface area contributed by atoms with Crippen LogP contribution in [0.5, 0.6) is 0 Å². The molecule has 0 fully saturated rings. The first-order valence-electron chi connectivity index (χ1n) is 9.03.